The zero-order valence-electron chi connectivity index (χ0n) is 31.6. The lowest BCUT2D eigenvalue weighted by molar-refractivity contribution is -0.144. The Bertz CT molecular complexity index is 1440. The van der Waals surface area contributed by atoms with E-state index >= 15 is 0 Å². The van der Waals surface area contributed by atoms with Gasteiger partial charge < -0.3 is 19.9 Å². The molecule has 1 saturated heterocycles. The van der Waals surface area contributed by atoms with Crippen molar-refractivity contribution in [2.24, 2.45) is 29.1 Å². The third kappa shape index (κ3) is 10.4. The smallest absolute Gasteiger partial charge is 0.408 e. The summed E-state index contributed by atoms with van der Waals surface area (Å²) in [4.78, 5) is 84.3. The molecular formula is C41H59N3O7. The van der Waals surface area contributed by atoms with Crippen LogP contribution >= 0.6 is 0 Å². The minimum absolute atomic E-state index is 0.0628. The fraction of sp³-hybridized carbons (Fsp3) is 0.659. The van der Waals surface area contributed by atoms with E-state index in [2.05, 4.69) is 25.7 Å². The molecule has 10 nitrogen and oxygen atoms in total. The summed E-state index contributed by atoms with van der Waals surface area (Å²) in [7, 11) is 1.72. The van der Waals surface area contributed by atoms with E-state index in [1.165, 1.54) is 0 Å². The first-order valence-electron chi connectivity index (χ1n) is 18.8. The second-order valence-corrected chi connectivity index (χ2v) is 16.5. The number of ether oxygens (including phenoxy) is 1. The molecule has 3 amide bonds. The number of amides is 3. The number of nitrogens with zero attached hydrogens (tertiary/aromatic N) is 2. The summed E-state index contributed by atoms with van der Waals surface area (Å²) in [5, 5.41) is 2.88. The Balaban J connectivity index is 1.43. The Kier molecular flexibility index (Phi) is 13.4. The lowest BCUT2D eigenvalue weighted by Gasteiger charge is -2.37. The fourth-order valence-electron chi connectivity index (χ4n) is 8.24. The monoisotopic (exact) mass is 705 g/mol. The van der Waals surface area contributed by atoms with Crippen LogP contribution in [-0.4, -0.2) is 76.3 Å². The summed E-state index contributed by atoms with van der Waals surface area (Å²) in [5.74, 6) is -2.65. The number of alkyl carbamates (subject to hydrolysis) is 1. The van der Waals surface area contributed by atoms with Gasteiger partial charge in [0.25, 0.3) is 0 Å². The molecule has 1 N–H and O–H groups in total. The summed E-state index contributed by atoms with van der Waals surface area (Å²) in [5.41, 5.74) is 0.120. The van der Waals surface area contributed by atoms with E-state index in [0.717, 1.165) is 37.7 Å². The van der Waals surface area contributed by atoms with Crippen LogP contribution in [0.2, 0.25) is 0 Å². The minimum atomic E-state index is -0.841. The lowest BCUT2D eigenvalue weighted by Crippen LogP contribution is -2.57. The Morgan fingerprint density at radius 3 is 2.33 bits per heavy atom. The summed E-state index contributed by atoms with van der Waals surface area (Å²) < 4.78 is 5.54. The molecule has 10 heteroatoms. The van der Waals surface area contributed by atoms with Gasteiger partial charge in [-0.15, -0.1) is 6.58 Å². The molecule has 1 unspecified atom stereocenters. The number of benzene rings is 1. The van der Waals surface area contributed by atoms with E-state index in [1.807, 2.05) is 30.3 Å². The first-order valence-corrected chi connectivity index (χ1v) is 18.8. The zero-order chi connectivity index (χ0) is 37.5. The van der Waals surface area contributed by atoms with Gasteiger partial charge in [-0.2, -0.15) is 0 Å². The normalized spacial score (nSPS) is 22.2. The number of ketones is 3. The molecule has 0 bridgehead atoms. The standard InChI is InChI=1S/C41H59N3O7/c1-8-9-19-29(37(48)31(45)22-16-23-33(47)43(7)25-27-17-12-10-13-18-27)24-32(46)36-34-30(41(34,5)6)26-44(36)38(49)35(28-20-14-11-15-21-28)42-39(50)51-40(2,3)4/h8,10,12-13,17-18,28-30,34-36H,1,9,11,14-16,19-26H2,2-7H3,(H,42,50)/t29?,30-,34-,35-,36+/m0/s1. The van der Waals surface area contributed by atoms with Crippen LogP contribution in [0.3, 0.4) is 0 Å². The Hall–Kier alpha value is -3.82. The van der Waals surface area contributed by atoms with E-state index in [4.69, 9.17) is 4.74 Å². The first kappa shape index (κ1) is 40.0. The average molecular weight is 706 g/mol. The molecule has 2 saturated carbocycles. The third-order valence-electron chi connectivity index (χ3n) is 11.2. The third-order valence-corrected chi connectivity index (χ3v) is 11.2. The Morgan fingerprint density at radius 1 is 1.04 bits per heavy atom. The largest absolute Gasteiger partial charge is 0.444 e. The highest BCUT2D eigenvalue weighted by molar-refractivity contribution is 6.38. The van der Waals surface area contributed by atoms with Gasteiger partial charge in [-0.25, -0.2) is 4.79 Å². The van der Waals surface area contributed by atoms with Crippen LogP contribution in [-0.2, 0) is 35.3 Å². The highest BCUT2D eigenvalue weighted by Gasteiger charge is 2.69. The molecule has 3 aliphatic rings. The molecule has 1 aromatic carbocycles. The zero-order valence-corrected chi connectivity index (χ0v) is 31.6. The van der Waals surface area contributed by atoms with E-state index in [1.54, 1.807) is 43.7 Å². The van der Waals surface area contributed by atoms with Crippen molar-refractivity contribution in [3.63, 3.8) is 0 Å². The lowest BCUT2D eigenvalue weighted by atomic mass is 9.82. The van der Waals surface area contributed by atoms with Crippen LogP contribution in [0.4, 0.5) is 4.79 Å². The van der Waals surface area contributed by atoms with Gasteiger partial charge in [0.1, 0.15) is 11.6 Å². The minimum Gasteiger partial charge on any atom is -0.444 e. The maximum Gasteiger partial charge on any atom is 0.408 e. The summed E-state index contributed by atoms with van der Waals surface area (Å²) in [6.45, 7) is 14.2. The van der Waals surface area contributed by atoms with Crippen molar-refractivity contribution < 1.29 is 33.5 Å². The number of carbonyl (C=O) groups is 6. The van der Waals surface area contributed by atoms with Crippen LogP contribution in [0.25, 0.3) is 0 Å². The van der Waals surface area contributed by atoms with Gasteiger partial charge in [0.15, 0.2) is 11.6 Å². The molecule has 4 rings (SSSR count). The molecule has 5 atom stereocenters. The molecule has 3 fully saturated rings. The van der Waals surface area contributed by atoms with E-state index < -0.39 is 41.3 Å². The van der Waals surface area contributed by atoms with Crippen LogP contribution in [0, 0.1) is 29.1 Å². The van der Waals surface area contributed by atoms with Crippen LogP contribution in [0.15, 0.2) is 43.0 Å². The van der Waals surface area contributed by atoms with Crippen molar-refractivity contribution in [2.75, 3.05) is 13.6 Å². The molecular weight excluding hydrogens is 646 g/mol. The predicted molar refractivity (Wildman–Crippen MR) is 195 cm³/mol. The SMILES string of the molecule is C=CCCC(CC(=O)[C@@H]1[C@@H]2[C@H](CN1C(=O)[C@@H](NC(=O)OC(C)(C)C)C1CCCCC1)C2(C)C)C(=O)C(=O)CCCC(=O)N(C)Cc1ccccc1. The Labute approximate surface area is 304 Å². The van der Waals surface area contributed by atoms with Crippen molar-refractivity contribution in [3.05, 3.63) is 48.6 Å². The van der Waals surface area contributed by atoms with Crippen molar-refractivity contribution >= 4 is 35.3 Å². The second-order valence-electron chi connectivity index (χ2n) is 16.5. The predicted octanol–water partition coefficient (Wildman–Crippen LogP) is 6.45. The number of fused-ring (bicyclic) bond motifs is 1. The topological polar surface area (TPSA) is 130 Å². The van der Waals surface area contributed by atoms with E-state index in [9.17, 15) is 28.8 Å². The van der Waals surface area contributed by atoms with Crippen molar-refractivity contribution in [1.29, 1.82) is 0 Å². The highest BCUT2D eigenvalue weighted by atomic mass is 16.6. The van der Waals surface area contributed by atoms with Gasteiger partial charge in [-0.05, 0) is 81.6 Å². The molecule has 1 heterocycles. The van der Waals surface area contributed by atoms with Gasteiger partial charge in [0, 0.05) is 45.3 Å². The van der Waals surface area contributed by atoms with E-state index in [0.29, 0.717) is 25.9 Å². The quantitative estimate of drug-likeness (QED) is 0.146. The molecule has 51 heavy (non-hydrogen) atoms. The number of likely N-dealkylation sites (tertiary alicyclic amines) is 1. The van der Waals surface area contributed by atoms with Gasteiger partial charge >= 0.3 is 6.09 Å². The number of carbonyl (C=O) groups excluding carboxylic acids is 6. The number of nitrogens with one attached hydrogen (secondary N) is 1. The maximum atomic E-state index is 14.4. The number of hydrogen-bond donors (Lipinski definition) is 1. The molecule has 2 aliphatic carbocycles. The van der Waals surface area contributed by atoms with Crippen molar-refractivity contribution in [1.82, 2.24) is 15.1 Å². The Morgan fingerprint density at radius 2 is 1.71 bits per heavy atom. The molecule has 0 spiro atoms. The molecule has 1 aliphatic heterocycles. The highest BCUT2D eigenvalue weighted by Crippen LogP contribution is 2.65. The van der Waals surface area contributed by atoms with Crippen LogP contribution in [0.1, 0.15) is 111 Å². The molecule has 1 aromatic rings. The van der Waals surface area contributed by atoms with Crippen molar-refractivity contribution in [3.8, 4) is 0 Å². The average Bonchev–Trinajstić information content (AvgIpc) is 3.38. The van der Waals surface area contributed by atoms with Gasteiger partial charge in [0.05, 0.1) is 6.04 Å². The number of allylic oxidation sites excluding steroid dienone is 1. The fourth-order valence-corrected chi connectivity index (χ4v) is 8.24. The van der Waals surface area contributed by atoms with Crippen LogP contribution in [0.5, 0.6) is 0 Å². The number of rotatable bonds is 17. The number of Topliss-reactive ketones (excluding diaryl/α,β-unsaturated/α-hetero) is 3. The van der Waals surface area contributed by atoms with E-state index in [-0.39, 0.29) is 66.4 Å². The second kappa shape index (κ2) is 17.1. The van der Waals surface area contributed by atoms with Gasteiger partial charge in [0.2, 0.25) is 17.6 Å². The maximum absolute atomic E-state index is 14.4. The summed E-state index contributed by atoms with van der Waals surface area (Å²) in [6, 6.07) is 8.07. The van der Waals surface area contributed by atoms with Crippen molar-refractivity contribution in [2.45, 2.75) is 129 Å². The number of piperidine rings is 1. The van der Waals surface area contributed by atoms with Gasteiger partial charge in [-0.1, -0.05) is 69.5 Å². The van der Waals surface area contributed by atoms with Crippen LogP contribution < -0.4 is 5.32 Å². The molecule has 0 aromatic heterocycles. The molecule has 0 radical (unpaired) electrons. The van der Waals surface area contributed by atoms with Gasteiger partial charge in [-0.3, -0.25) is 24.0 Å². The number of hydrogen-bond acceptors (Lipinski definition) is 7. The molecule has 280 valence electrons. The summed E-state index contributed by atoms with van der Waals surface area (Å²) in [6.07, 6.45) is 6.50. The summed E-state index contributed by atoms with van der Waals surface area (Å²) >= 11 is 0. The first-order chi connectivity index (χ1) is 24.0.